The van der Waals surface area contributed by atoms with Crippen LogP contribution < -0.4 is 0 Å². The van der Waals surface area contributed by atoms with E-state index in [-0.39, 0.29) is 22.2 Å². The molecule has 3 rings (SSSR count). The molecule has 0 spiro atoms. The molecule has 1 saturated carbocycles. The number of hydrogen-bond acceptors (Lipinski definition) is 3. The number of aliphatic hydroxyl groups is 1. The summed E-state index contributed by atoms with van der Waals surface area (Å²) in [4.78, 5) is 12.3. The minimum Gasteiger partial charge on any atom is -0.362 e. The van der Waals surface area contributed by atoms with Crippen LogP contribution in [0.5, 0.6) is 0 Å². The second-order valence-corrected chi connectivity index (χ2v) is 5.34. The summed E-state index contributed by atoms with van der Waals surface area (Å²) in [5.74, 6) is -1.00. The van der Waals surface area contributed by atoms with E-state index in [9.17, 15) is 23.1 Å². The summed E-state index contributed by atoms with van der Waals surface area (Å²) < 4.78 is 39.6. The van der Waals surface area contributed by atoms with Crippen molar-refractivity contribution in [1.82, 2.24) is 5.01 Å². The van der Waals surface area contributed by atoms with Crippen LogP contribution in [0.4, 0.5) is 13.2 Å². The van der Waals surface area contributed by atoms with Gasteiger partial charge in [-0.25, -0.2) is 0 Å². The lowest BCUT2D eigenvalue weighted by molar-refractivity contribution is -0.297. The van der Waals surface area contributed by atoms with E-state index in [1.165, 1.54) is 12.1 Å². The predicted molar refractivity (Wildman–Crippen MR) is 68.4 cm³/mol. The Bertz CT molecular complexity index is 596. The van der Waals surface area contributed by atoms with Crippen LogP contribution in [0.3, 0.4) is 0 Å². The van der Waals surface area contributed by atoms with Gasteiger partial charge in [-0.15, -0.1) is 0 Å². The molecular weight excluding hydrogens is 285 g/mol. The summed E-state index contributed by atoms with van der Waals surface area (Å²) in [6.45, 7) is 0. The number of alkyl halides is 3. The summed E-state index contributed by atoms with van der Waals surface area (Å²) in [5, 5.41) is 14.0. The zero-order valence-electron chi connectivity index (χ0n) is 11.0. The van der Waals surface area contributed by atoms with Gasteiger partial charge in [-0.2, -0.15) is 23.3 Å². The Morgan fingerprint density at radius 2 is 1.90 bits per heavy atom. The number of carbonyl (C=O) groups excluding carboxylic acids is 1. The van der Waals surface area contributed by atoms with Crippen LogP contribution >= 0.6 is 0 Å². The molecule has 0 saturated heterocycles. The van der Waals surface area contributed by atoms with Gasteiger partial charge in [-0.3, -0.25) is 4.79 Å². The number of hydrogen-bond donors (Lipinski definition) is 1. The summed E-state index contributed by atoms with van der Waals surface area (Å²) in [6, 6.07) is 7.52. The van der Waals surface area contributed by atoms with Crippen LogP contribution in [0.1, 0.15) is 29.6 Å². The summed E-state index contributed by atoms with van der Waals surface area (Å²) in [6.07, 6.45) is -4.13. The van der Waals surface area contributed by atoms with Crippen molar-refractivity contribution in [2.24, 2.45) is 11.0 Å². The number of nitrogens with zero attached hydrogens (tertiary/aromatic N) is 2. The molecule has 4 nitrogen and oxygen atoms in total. The van der Waals surface area contributed by atoms with Crippen LogP contribution in [0.2, 0.25) is 0 Å². The molecule has 0 aromatic heterocycles. The van der Waals surface area contributed by atoms with Crippen molar-refractivity contribution in [2.45, 2.75) is 31.2 Å². The molecule has 0 bridgehead atoms. The first-order valence-corrected chi connectivity index (χ1v) is 6.59. The number of halogens is 3. The van der Waals surface area contributed by atoms with Gasteiger partial charge in [-0.1, -0.05) is 18.2 Å². The molecule has 1 aromatic carbocycles. The quantitative estimate of drug-likeness (QED) is 0.912. The van der Waals surface area contributed by atoms with E-state index in [0.717, 1.165) is 12.8 Å². The third-order valence-corrected chi connectivity index (χ3v) is 3.72. The third kappa shape index (κ3) is 2.31. The van der Waals surface area contributed by atoms with E-state index in [1.807, 2.05) is 0 Å². The van der Waals surface area contributed by atoms with Crippen LogP contribution in [0, 0.1) is 5.92 Å². The van der Waals surface area contributed by atoms with Crippen LogP contribution in [-0.4, -0.2) is 33.6 Å². The van der Waals surface area contributed by atoms with Crippen molar-refractivity contribution in [3.63, 3.8) is 0 Å². The Kier molecular flexibility index (Phi) is 3.05. The molecule has 21 heavy (non-hydrogen) atoms. The molecule has 1 atom stereocenters. The average molecular weight is 298 g/mol. The number of hydrazone groups is 1. The zero-order chi connectivity index (χ0) is 15.3. The monoisotopic (exact) mass is 298 g/mol. The van der Waals surface area contributed by atoms with E-state index < -0.39 is 24.2 Å². The van der Waals surface area contributed by atoms with Gasteiger partial charge in [0.2, 0.25) is 0 Å². The first kappa shape index (κ1) is 14.1. The van der Waals surface area contributed by atoms with E-state index in [0.29, 0.717) is 0 Å². The van der Waals surface area contributed by atoms with Gasteiger partial charge >= 0.3 is 6.18 Å². The van der Waals surface area contributed by atoms with E-state index >= 15 is 0 Å². The SMILES string of the molecule is O=C(c1ccccc1)N1N=C(C2CC2)C[C@@]1(O)C(F)(F)F. The minimum absolute atomic E-state index is 0.0487. The van der Waals surface area contributed by atoms with Gasteiger partial charge < -0.3 is 5.11 Å². The number of rotatable bonds is 2. The molecule has 1 heterocycles. The normalized spacial score (nSPS) is 25.9. The molecule has 2 aliphatic rings. The highest BCUT2D eigenvalue weighted by Gasteiger charge is 2.64. The molecule has 1 amide bonds. The molecule has 1 fully saturated rings. The Morgan fingerprint density at radius 1 is 1.29 bits per heavy atom. The predicted octanol–water partition coefficient (Wildman–Crippen LogP) is 2.55. The Morgan fingerprint density at radius 3 is 2.43 bits per heavy atom. The fraction of sp³-hybridized carbons (Fsp3) is 0.429. The van der Waals surface area contributed by atoms with Gasteiger partial charge in [0.05, 0.1) is 0 Å². The average Bonchev–Trinajstić information content (AvgIpc) is 3.22. The van der Waals surface area contributed by atoms with Crippen LogP contribution in [0.15, 0.2) is 35.4 Å². The molecule has 1 aromatic rings. The van der Waals surface area contributed by atoms with Gasteiger partial charge in [0.15, 0.2) is 0 Å². The number of amides is 1. The molecule has 0 radical (unpaired) electrons. The van der Waals surface area contributed by atoms with Crippen molar-refractivity contribution in [1.29, 1.82) is 0 Å². The Balaban J connectivity index is 1.97. The van der Waals surface area contributed by atoms with Gasteiger partial charge in [0.25, 0.3) is 11.6 Å². The lowest BCUT2D eigenvalue weighted by atomic mass is 10.0. The standard InChI is InChI=1S/C14H13F3N2O2/c15-14(16,17)13(21)8-11(9-6-7-9)18-19(13)12(20)10-4-2-1-3-5-10/h1-5,9,21H,6-8H2/t13-/m1/s1. The largest absolute Gasteiger partial charge is 0.438 e. The third-order valence-electron chi connectivity index (χ3n) is 3.72. The van der Waals surface area contributed by atoms with E-state index in [4.69, 9.17) is 0 Å². The van der Waals surface area contributed by atoms with E-state index in [2.05, 4.69) is 5.10 Å². The summed E-state index contributed by atoms with van der Waals surface area (Å²) in [5.41, 5.74) is -2.95. The topological polar surface area (TPSA) is 52.9 Å². The van der Waals surface area contributed by atoms with E-state index in [1.54, 1.807) is 18.2 Å². The van der Waals surface area contributed by atoms with Gasteiger partial charge in [0.1, 0.15) is 0 Å². The van der Waals surface area contributed by atoms with Crippen molar-refractivity contribution < 1.29 is 23.1 Å². The number of benzene rings is 1. The van der Waals surface area contributed by atoms with Gasteiger partial charge in [-0.05, 0) is 30.9 Å². The summed E-state index contributed by atoms with van der Waals surface area (Å²) >= 11 is 0. The highest BCUT2D eigenvalue weighted by molar-refractivity contribution is 5.99. The molecule has 0 unspecified atom stereocenters. The fourth-order valence-electron chi connectivity index (χ4n) is 2.35. The second-order valence-electron chi connectivity index (χ2n) is 5.34. The smallest absolute Gasteiger partial charge is 0.362 e. The molecule has 1 aliphatic carbocycles. The fourth-order valence-corrected chi connectivity index (χ4v) is 2.35. The molecule has 112 valence electrons. The summed E-state index contributed by atoms with van der Waals surface area (Å²) in [7, 11) is 0. The highest BCUT2D eigenvalue weighted by Crippen LogP contribution is 2.45. The molecular formula is C14H13F3N2O2. The van der Waals surface area contributed by atoms with Crippen molar-refractivity contribution in [2.75, 3.05) is 0 Å². The molecule has 1 N–H and O–H groups in total. The Hall–Kier alpha value is -1.89. The van der Waals surface area contributed by atoms with Gasteiger partial charge in [0, 0.05) is 17.7 Å². The first-order valence-electron chi connectivity index (χ1n) is 6.59. The van der Waals surface area contributed by atoms with Crippen LogP contribution in [0.25, 0.3) is 0 Å². The second kappa shape index (κ2) is 4.56. The Labute approximate surface area is 118 Å². The highest BCUT2D eigenvalue weighted by atomic mass is 19.4. The number of carbonyl (C=O) groups is 1. The minimum atomic E-state index is -4.96. The van der Waals surface area contributed by atoms with Crippen molar-refractivity contribution in [3.05, 3.63) is 35.9 Å². The maximum absolute atomic E-state index is 13.2. The van der Waals surface area contributed by atoms with Crippen molar-refractivity contribution >= 4 is 11.6 Å². The first-order chi connectivity index (χ1) is 9.83. The maximum Gasteiger partial charge on any atom is 0.438 e. The zero-order valence-corrected chi connectivity index (χ0v) is 11.0. The maximum atomic E-state index is 13.2. The van der Waals surface area contributed by atoms with Crippen LogP contribution in [-0.2, 0) is 0 Å². The van der Waals surface area contributed by atoms with Crippen molar-refractivity contribution in [3.8, 4) is 0 Å². The lowest BCUT2D eigenvalue weighted by Gasteiger charge is -2.32. The molecule has 7 heteroatoms. The molecule has 1 aliphatic heterocycles. The lowest BCUT2D eigenvalue weighted by Crippen LogP contribution is -2.56.